The highest BCUT2D eigenvalue weighted by Crippen LogP contribution is 2.20. The predicted molar refractivity (Wildman–Crippen MR) is 147 cm³/mol. The molecule has 8 nitrogen and oxygen atoms in total. The van der Waals surface area contributed by atoms with Gasteiger partial charge in [-0.05, 0) is 90.8 Å². The van der Waals surface area contributed by atoms with Crippen molar-refractivity contribution in [2.24, 2.45) is 5.10 Å². The third-order valence-corrected chi connectivity index (χ3v) is 5.56. The Morgan fingerprint density at radius 3 is 2.08 bits per heavy atom. The highest BCUT2D eigenvalue weighted by Gasteiger charge is 2.14. The van der Waals surface area contributed by atoms with Crippen molar-refractivity contribution in [2.45, 2.75) is 19.6 Å². The first-order valence-corrected chi connectivity index (χ1v) is 12.2. The van der Waals surface area contributed by atoms with E-state index in [1.54, 1.807) is 86.8 Å². The summed E-state index contributed by atoms with van der Waals surface area (Å²) in [7, 11) is 1.56. The quantitative estimate of drug-likeness (QED) is 0.122. The largest absolute Gasteiger partial charge is 0.497 e. The van der Waals surface area contributed by atoms with Gasteiger partial charge in [-0.25, -0.2) is 10.2 Å². The lowest BCUT2D eigenvalue weighted by Gasteiger charge is -2.13. The summed E-state index contributed by atoms with van der Waals surface area (Å²) in [6.07, 6.45) is 0.719. The van der Waals surface area contributed by atoms with Crippen LogP contribution in [0.3, 0.4) is 0 Å². The fourth-order valence-corrected chi connectivity index (χ4v) is 3.39. The average Bonchev–Trinajstić information content (AvgIpc) is 2.98. The van der Waals surface area contributed by atoms with Crippen LogP contribution in [0.25, 0.3) is 0 Å². The number of rotatable bonds is 11. The normalized spacial score (nSPS) is 11.4. The van der Waals surface area contributed by atoms with E-state index in [-0.39, 0.29) is 0 Å². The number of amides is 1. The second-order valence-corrected chi connectivity index (χ2v) is 8.43. The average molecular weight is 525 g/mol. The van der Waals surface area contributed by atoms with E-state index < -0.39 is 18.0 Å². The van der Waals surface area contributed by atoms with Gasteiger partial charge in [-0.3, -0.25) is 4.79 Å². The Labute approximate surface area is 226 Å². The maximum atomic E-state index is 12.4. The molecule has 0 saturated carbocycles. The molecule has 0 bridgehead atoms. The van der Waals surface area contributed by atoms with Gasteiger partial charge in [-0.2, -0.15) is 5.10 Å². The summed E-state index contributed by atoms with van der Waals surface area (Å²) in [5.74, 6) is 1.40. The van der Waals surface area contributed by atoms with E-state index >= 15 is 0 Å². The van der Waals surface area contributed by atoms with Gasteiger partial charge in [0.05, 0.1) is 18.9 Å². The zero-order valence-electron chi connectivity index (χ0n) is 21.6. The zero-order chi connectivity index (χ0) is 27.5. The number of carbonyl (C=O) groups is 2. The van der Waals surface area contributed by atoms with E-state index in [0.717, 1.165) is 5.56 Å². The summed E-state index contributed by atoms with van der Waals surface area (Å²) < 4.78 is 21.9. The molecule has 0 spiro atoms. The van der Waals surface area contributed by atoms with Crippen molar-refractivity contribution in [2.75, 3.05) is 7.11 Å². The second kappa shape index (κ2) is 13.4. The number of hydrogen-bond donors (Lipinski definition) is 1. The van der Waals surface area contributed by atoms with E-state index in [1.165, 1.54) is 6.21 Å². The lowest BCUT2D eigenvalue weighted by molar-refractivity contribution is -0.127. The van der Waals surface area contributed by atoms with Gasteiger partial charge in [0.25, 0.3) is 5.91 Å². The molecule has 0 aromatic heterocycles. The van der Waals surface area contributed by atoms with Crippen LogP contribution in [0.4, 0.5) is 0 Å². The van der Waals surface area contributed by atoms with Crippen LogP contribution < -0.4 is 24.4 Å². The molecule has 4 aromatic carbocycles. The summed E-state index contributed by atoms with van der Waals surface area (Å²) in [6.45, 7) is 2.10. The molecule has 0 aliphatic heterocycles. The van der Waals surface area contributed by atoms with Gasteiger partial charge in [0.2, 0.25) is 0 Å². The number of nitrogens with one attached hydrogen (secondary N) is 1. The maximum Gasteiger partial charge on any atom is 0.343 e. The van der Waals surface area contributed by atoms with Gasteiger partial charge in [-0.1, -0.05) is 30.3 Å². The predicted octanol–water partition coefficient (Wildman–Crippen LogP) is 5.41. The van der Waals surface area contributed by atoms with Crippen molar-refractivity contribution in [3.8, 4) is 23.0 Å². The first-order valence-electron chi connectivity index (χ1n) is 12.2. The summed E-state index contributed by atoms with van der Waals surface area (Å²) >= 11 is 0. The number of benzene rings is 4. The molecule has 0 unspecified atom stereocenters. The third-order valence-electron chi connectivity index (χ3n) is 5.56. The Bertz CT molecular complexity index is 1390. The van der Waals surface area contributed by atoms with Crippen LogP contribution in [0.1, 0.15) is 28.4 Å². The minimum atomic E-state index is -0.766. The highest BCUT2D eigenvalue weighted by molar-refractivity contribution is 5.91. The third kappa shape index (κ3) is 8.19. The summed E-state index contributed by atoms with van der Waals surface area (Å²) in [4.78, 5) is 24.7. The Hall–Kier alpha value is -5.11. The molecule has 39 heavy (non-hydrogen) atoms. The first-order chi connectivity index (χ1) is 19.0. The van der Waals surface area contributed by atoms with Crippen molar-refractivity contribution in [1.82, 2.24) is 5.43 Å². The molecule has 4 rings (SSSR count). The van der Waals surface area contributed by atoms with Crippen LogP contribution in [0.5, 0.6) is 23.0 Å². The van der Waals surface area contributed by atoms with Crippen molar-refractivity contribution in [3.63, 3.8) is 0 Å². The fraction of sp³-hybridized carbons (Fsp3) is 0.129. The summed E-state index contributed by atoms with van der Waals surface area (Å²) in [6, 6.07) is 30.3. The van der Waals surface area contributed by atoms with Crippen LogP contribution in [0.15, 0.2) is 108 Å². The molecule has 1 amide bonds. The lowest BCUT2D eigenvalue weighted by atomic mass is 10.2. The van der Waals surface area contributed by atoms with Crippen molar-refractivity contribution < 1.29 is 28.5 Å². The molecule has 1 atom stereocenters. The van der Waals surface area contributed by atoms with Crippen molar-refractivity contribution in [3.05, 3.63) is 120 Å². The van der Waals surface area contributed by atoms with Crippen LogP contribution in [0, 0.1) is 0 Å². The van der Waals surface area contributed by atoms with Crippen LogP contribution in [-0.4, -0.2) is 31.3 Å². The number of hydrogen-bond acceptors (Lipinski definition) is 7. The molecule has 0 fully saturated rings. The van der Waals surface area contributed by atoms with Crippen molar-refractivity contribution >= 4 is 18.1 Å². The number of nitrogens with zero attached hydrogens (tertiary/aromatic N) is 1. The molecule has 0 heterocycles. The van der Waals surface area contributed by atoms with E-state index in [0.29, 0.717) is 40.7 Å². The minimum absolute atomic E-state index is 0.385. The lowest BCUT2D eigenvalue weighted by Crippen LogP contribution is -2.33. The van der Waals surface area contributed by atoms with Crippen LogP contribution >= 0.6 is 0 Å². The molecular weight excluding hydrogens is 496 g/mol. The Morgan fingerprint density at radius 2 is 1.41 bits per heavy atom. The maximum absolute atomic E-state index is 12.4. The summed E-state index contributed by atoms with van der Waals surface area (Å²) in [5, 5.41) is 3.98. The molecule has 0 aliphatic carbocycles. The van der Waals surface area contributed by atoms with Crippen LogP contribution in [0.2, 0.25) is 0 Å². The number of esters is 1. The first kappa shape index (κ1) is 26.9. The molecular formula is C31H28N2O6. The molecule has 1 N–H and O–H groups in total. The fourth-order valence-electron chi connectivity index (χ4n) is 3.39. The van der Waals surface area contributed by atoms with Crippen molar-refractivity contribution in [1.29, 1.82) is 0 Å². The number of methoxy groups -OCH3 is 1. The van der Waals surface area contributed by atoms with Gasteiger partial charge in [0.15, 0.2) is 6.10 Å². The van der Waals surface area contributed by atoms with Gasteiger partial charge in [0, 0.05) is 0 Å². The second-order valence-electron chi connectivity index (χ2n) is 8.43. The van der Waals surface area contributed by atoms with E-state index in [9.17, 15) is 9.59 Å². The van der Waals surface area contributed by atoms with Gasteiger partial charge < -0.3 is 18.9 Å². The van der Waals surface area contributed by atoms with Gasteiger partial charge >= 0.3 is 5.97 Å². The SMILES string of the molecule is COc1ccc(C(=O)Oc2ccc(/C=N\NC(=O)[C@@H](C)Oc3ccc(OCc4ccccc4)cc3)cc2)cc1. The molecule has 4 aromatic rings. The number of carbonyl (C=O) groups excluding carboxylic acids is 2. The molecule has 0 saturated heterocycles. The minimum Gasteiger partial charge on any atom is -0.497 e. The van der Waals surface area contributed by atoms with Gasteiger partial charge in [-0.15, -0.1) is 0 Å². The zero-order valence-corrected chi connectivity index (χ0v) is 21.6. The molecule has 8 heteroatoms. The van der Waals surface area contributed by atoms with Crippen LogP contribution in [-0.2, 0) is 11.4 Å². The van der Waals surface area contributed by atoms with E-state index in [1.807, 2.05) is 30.3 Å². The summed E-state index contributed by atoms with van der Waals surface area (Å²) in [5.41, 5.74) is 4.66. The topological polar surface area (TPSA) is 95.5 Å². The number of ether oxygens (including phenoxy) is 4. The molecule has 0 aliphatic rings. The standard InChI is InChI=1S/C31H28N2O6/c1-22(38-28-18-16-27(17-19-28)37-21-24-6-4-3-5-7-24)30(34)33-32-20-23-8-12-29(13-9-23)39-31(35)25-10-14-26(36-2)15-11-25/h3-20,22H,21H2,1-2H3,(H,33,34)/b32-20-/t22-/m1/s1. The smallest absolute Gasteiger partial charge is 0.343 e. The Balaban J connectivity index is 1.21. The molecule has 0 radical (unpaired) electrons. The monoisotopic (exact) mass is 524 g/mol. The molecule has 198 valence electrons. The highest BCUT2D eigenvalue weighted by atomic mass is 16.5. The van der Waals surface area contributed by atoms with E-state index in [2.05, 4.69) is 10.5 Å². The Morgan fingerprint density at radius 1 is 0.795 bits per heavy atom. The Kier molecular flexibility index (Phi) is 9.28. The van der Waals surface area contributed by atoms with E-state index in [4.69, 9.17) is 18.9 Å². The number of hydrazone groups is 1. The van der Waals surface area contributed by atoms with Gasteiger partial charge in [0.1, 0.15) is 29.6 Å².